The maximum absolute atomic E-state index is 13.8. The molecule has 1 aliphatic heterocycles. The molecular weight excluding hydrogens is 378 g/mol. The molecule has 2 amide bonds. The fraction of sp³-hybridized carbons (Fsp3) is 0.579. The Hall–Kier alpha value is -2.16. The van der Waals surface area contributed by atoms with Crippen LogP contribution in [0.5, 0.6) is 0 Å². The van der Waals surface area contributed by atoms with Gasteiger partial charge in [0.25, 0.3) is 5.91 Å². The van der Waals surface area contributed by atoms with Crippen molar-refractivity contribution >= 4 is 11.8 Å². The van der Waals surface area contributed by atoms with Crippen LogP contribution >= 0.6 is 0 Å². The van der Waals surface area contributed by atoms with Crippen molar-refractivity contribution in [2.45, 2.75) is 45.5 Å². The molecular formula is C19H25F4N3O2. The lowest BCUT2D eigenvalue weighted by molar-refractivity contribution is -0.140. The molecule has 9 heteroatoms. The van der Waals surface area contributed by atoms with Crippen LogP contribution in [0.2, 0.25) is 0 Å². The van der Waals surface area contributed by atoms with Crippen LogP contribution in [-0.2, 0) is 11.0 Å². The predicted molar refractivity (Wildman–Crippen MR) is 95.9 cm³/mol. The van der Waals surface area contributed by atoms with Crippen molar-refractivity contribution in [3.8, 4) is 0 Å². The van der Waals surface area contributed by atoms with E-state index < -0.39 is 35.0 Å². The fourth-order valence-corrected chi connectivity index (χ4v) is 3.25. The van der Waals surface area contributed by atoms with E-state index in [4.69, 9.17) is 5.73 Å². The number of nitrogens with two attached hydrogens (primary N) is 1. The number of halogens is 4. The van der Waals surface area contributed by atoms with Crippen LogP contribution in [0.1, 0.15) is 43.6 Å². The van der Waals surface area contributed by atoms with Crippen molar-refractivity contribution in [1.82, 2.24) is 9.80 Å². The summed E-state index contributed by atoms with van der Waals surface area (Å²) < 4.78 is 52.0. The summed E-state index contributed by atoms with van der Waals surface area (Å²) in [5.41, 5.74) is 3.55. The van der Waals surface area contributed by atoms with Gasteiger partial charge in [-0.25, -0.2) is 4.39 Å². The van der Waals surface area contributed by atoms with Crippen LogP contribution in [0.4, 0.5) is 17.6 Å². The van der Waals surface area contributed by atoms with Crippen molar-refractivity contribution in [3.63, 3.8) is 0 Å². The second kappa shape index (κ2) is 7.69. The molecule has 1 heterocycles. The summed E-state index contributed by atoms with van der Waals surface area (Å²) in [7, 11) is 0. The normalized spacial score (nSPS) is 18.4. The topological polar surface area (TPSA) is 66.6 Å². The van der Waals surface area contributed by atoms with Crippen molar-refractivity contribution < 1.29 is 27.2 Å². The number of rotatable bonds is 3. The number of hydrogen-bond acceptors (Lipinski definition) is 3. The molecule has 5 nitrogen and oxygen atoms in total. The second-order valence-electron chi connectivity index (χ2n) is 7.99. The molecule has 2 rings (SSSR count). The average Bonchev–Trinajstić information content (AvgIpc) is 2.57. The van der Waals surface area contributed by atoms with Gasteiger partial charge in [0.15, 0.2) is 0 Å². The van der Waals surface area contributed by atoms with Crippen LogP contribution < -0.4 is 5.73 Å². The molecule has 1 saturated heterocycles. The minimum absolute atomic E-state index is 0.0367. The molecule has 1 aliphatic rings. The van der Waals surface area contributed by atoms with E-state index in [0.29, 0.717) is 12.1 Å². The first-order valence-electron chi connectivity index (χ1n) is 8.99. The summed E-state index contributed by atoms with van der Waals surface area (Å²) in [5.74, 6) is -2.33. The zero-order valence-corrected chi connectivity index (χ0v) is 16.3. The quantitative estimate of drug-likeness (QED) is 0.790. The van der Waals surface area contributed by atoms with Crippen molar-refractivity contribution in [1.29, 1.82) is 0 Å². The fourth-order valence-electron chi connectivity index (χ4n) is 3.25. The molecule has 0 spiro atoms. The monoisotopic (exact) mass is 403 g/mol. The van der Waals surface area contributed by atoms with Gasteiger partial charge in [-0.05, 0) is 38.0 Å². The smallest absolute Gasteiger partial charge is 0.337 e. The Labute approximate surface area is 161 Å². The third-order valence-corrected chi connectivity index (χ3v) is 4.98. The SMILES string of the molecule is CC(C)[C@H](N)C(=O)N1CCN(C(=O)c2ccc(C(F)(F)F)c(F)c2)C(C)(C)C1. The number of alkyl halides is 3. The van der Waals surface area contributed by atoms with Crippen LogP contribution in [-0.4, -0.2) is 52.8 Å². The van der Waals surface area contributed by atoms with Crippen LogP contribution in [0, 0.1) is 11.7 Å². The Morgan fingerprint density at radius 1 is 1.18 bits per heavy atom. The van der Waals surface area contributed by atoms with Gasteiger partial charge >= 0.3 is 6.18 Å². The highest BCUT2D eigenvalue weighted by molar-refractivity contribution is 5.95. The lowest BCUT2D eigenvalue weighted by atomic mass is 9.95. The van der Waals surface area contributed by atoms with Gasteiger partial charge in [-0.2, -0.15) is 13.2 Å². The molecule has 0 saturated carbocycles. The van der Waals surface area contributed by atoms with Crippen molar-refractivity contribution in [2.75, 3.05) is 19.6 Å². The Morgan fingerprint density at radius 2 is 1.79 bits per heavy atom. The van der Waals surface area contributed by atoms with Gasteiger partial charge < -0.3 is 15.5 Å². The number of amides is 2. The zero-order valence-electron chi connectivity index (χ0n) is 16.3. The second-order valence-corrected chi connectivity index (χ2v) is 7.99. The van der Waals surface area contributed by atoms with Crippen molar-refractivity contribution in [3.05, 3.63) is 35.1 Å². The Balaban J connectivity index is 2.20. The lowest BCUT2D eigenvalue weighted by Gasteiger charge is -2.47. The van der Waals surface area contributed by atoms with Gasteiger partial charge in [0.2, 0.25) is 5.91 Å². The molecule has 0 unspecified atom stereocenters. The Kier molecular flexibility index (Phi) is 6.08. The molecule has 28 heavy (non-hydrogen) atoms. The van der Waals surface area contributed by atoms with Gasteiger partial charge in [-0.1, -0.05) is 13.8 Å². The summed E-state index contributed by atoms with van der Waals surface area (Å²) in [6, 6.07) is 1.49. The highest BCUT2D eigenvalue weighted by Crippen LogP contribution is 2.32. The Morgan fingerprint density at radius 3 is 2.25 bits per heavy atom. The molecule has 1 fully saturated rings. The predicted octanol–water partition coefficient (Wildman–Crippen LogP) is 2.89. The van der Waals surface area contributed by atoms with Gasteiger partial charge in [0.1, 0.15) is 5.82 Å². The maximum Gasteiger partial charge on any atom is 0.419 e. The van der Waals surface area contributed by atoms with E-state index in [9.17, 15) is 27.2 Å². The van der Waals surface area contributed by atoms with E-state index in [2.05, 4.69) is 0 Å². The molecule has 0 bridgehead atoms. The molecule has 1 aromatic carbocycles. The highest BCUT2D eigenvalue weighted by Gasteiger charge is 2.40. The first kappa shape index (κ1) is 22.1. The average molecular weight is 403 g/mol. The Bertz CT molecular complexity index is 762. The van der Waals surface area contributed by atoms with E-state index in [1.165, 1.54) is 4.90 Å². The third kappa shape index (κ3) is 4.45. The van der Waals surface area contributed by atoms with E-state index in [1.54, 1.807) is 18.7 Å². The van der Waals surface area contributed by atoms with Gasteiger partial charge in [0.05, 0.1) is 17.1 Å². The zero-order chi connectivity index (χ0) is 21.4. The summed E-state index contributed by atoms with van der Waals surface area (Å²) in [6.45, 7) is 7.81. The lowest BCUT2D eigenvalue weighted by Crippen LogP contribution is -2.64. The largest absolute Gasteiger partial charge is 0.419 e. The molecule has 0 radical (unpaired) electrons. The number of carbonyl (C=O) groups is 2. The molecule has 2 N–H and O–H groups in total. The van der Waals surface area contributed by atoms with E-state index in [0.717, 1.165) is 6.07 Å². The van der Waals surface area contributed by atoms with Gasteiger partial charge in [-0.3, -0.25) is 9.59 Å². The van der Waals surface area contributed by atoms with Crippen molar-refractivity contribution in [2.24, 2.45) is 11.7 Å². The van der Waals surface area contributed by atoms with E-state index >= 15 is 0 Å². The third-order valence-electron chi connectivity index (χ3n) is 4.98. The molecule has 0 aromatic heterocycles. The minimum Gasteiger partial charge on any atom is -0.337 e. The summed E-state index contributed by atoms with van der Waals surface area (Å²) in [4.78, 5) is 28.3. The number of hydrogen-bond donors (Lipinski definition) is 1. The summed E-state index contributed by atoms with van der Waals surface area (Å²) in [6.07, 6.45) is -4.83. The minimum atomic E-state index is -4.83. The standard InChI is InChI=1S/C19H25F4N3O2/c1-11(2)15(24)17(28)25-7-8-26(18(3,4)10-25)16(27)12-5-6-13(14(20)9-12)19(21,22)23/h5-6,9,11,15H,7-8,10,24H2,1-4H3/t15-/m0/s1. The first-order valence-corrected chi connectivity index (χ1v) is 8.99. The number of piperazine rings is 1. The van der Waals surface area contributed by atoms with Crippen LogP contribution in [0.25, 0.3) is 0 Å². The molecule has 0 aliphatic carbocycles. The van der Waals surface area contributed by atoms with Gasteiger partial charge in [0, 0.05) is 25.2 Å². The van der Waals surface area contributed by atoms with E-state index in [1.807, 2.05) is 13.8 Å². The summed E-state index contributed by atoms with van der Waals surface area (Å²) in [5, 5.41) is 0. The number of benzene rings is 1. The number of nitrogens with zero attached hydrogens (tertiary/aromatic N) is 2. The van der Waals surface area contributed by atoms with Crippen LogP contribution in [0.3, 0.4) is 0 Å². The summed E-state index contributed by atoms with van der Waals surface area (Å²) >= 11 is 0. The van der Waals surface area contributed by atoms with Crippen LogP contribution in [0.15, 0.2) is 18.2 Å². The van der Waals surface area contributed by atoms with E-state index in [-0.39, 0.29) is 37.0 Å². The molecule has 1 atom stereocenters. The van der Waals surface area contributed by atoms with Gasteiger partial charge in [-0.15, -0.1) is 0 Å². The first-order chi connectivity index (χ1) is 12.8. The maximum atomic E-state index is 13.8. The molecule has 1 aromatic rings. The molecule has 156 valence electrons. The number of carbonyl (C=O) groups excluding carboxylic acids is 2. The highest BCUT2D eigenvalue weighted by atomic mass is 19.4.